The molecule has 0 radical (unpaired) electrons. The topological polar surface area (TPSA) is 53.4 Å². The van der Waals surface area contributed by atoms with E-state index in [1.165, 1.54) is 0 Å². The van der Waals surface area contributed by atoms with Crippen molar-refractivity contribution in [2.45, 2.75) is 30.6 Å². The van der Waals surface area contributed by atoms with Crippen LogP contribution >= 0.6 is 11.3 Å². The van der Waals surface area contributed by atoms with Crippen molar-refractivity contribution in [1.29, 1.82) is 0 Å². The van der Waals surface area contributed by atoms with E-state index >= 15 is 0 Å². The summed E-state index contributed by atoms with van der Waals surface area (Å²) >= 11 is 1.63. The van der Waals surface area contributed by atoms with E-state index in [0.717, 1.165) is 43.1 Å². The number of carboxylic acids is 1. The molecule has 1 saturated carbocycles. The quantitative estimate of drug-likeness (QED) is 0.889. The number of aromatic nitrogens is 1. The number of rotatable bonds is 3. The maximum absolute atomic E-state index is 11.2. The van der Waals surface area contributed by atoms with Gasteiger partial charge in [0.25, 0.3) is 0 Å². The molecule has 1 aliphatic carbocycles. The highest BCUT2D eigenvalue weighted by Crippen LogP contribution is 2.49. The van der Waals surface area contributed by atoms with Gasteiger partial charge in [-0.15, -0.1) is 11.3 Å². The third kappa shape index (κ3) is 1.77. The molecule has 3 rings (SSSR count). The molecule has 0 spiro atoms. The van der Waals surface area contributed by atoms with Crippen LogP contribution < -0.4 is 0 Å². The van der Waals surface area contributed by atoms with Gasteiger partial charge in [0.05, 0.1) is 10.7 Å². The first-order valence-electron chi connectivity index (χ1n) is 6.00. The molecule has 1 saturated heterocycles. The molecule has 1 atom stereocenters. The molecule has 2 heterocycles. The second kappa shape index (κ2) is 3.78. The summed E-state index contributed by atoms with van der Waals surface area (Å²) in [5.41, 5.74) is 0.152. The number of hydrogen-bond acceptors (Lipinski definition) is 4. The standard InChI is InChI=1S/C12H16N2O2S/c1-14-5-2-8(6-14)10-13-9(7-17-10)12(3-4-12)11(15)16/h7-8H,2-6H2,1H3,(H,15,16). The summed E-state index contributed by atoms with van der Waals surface area (Å²) in [6, 6.07) is 0. The molecule has 1 aromatic rings. The predicted molar refractivity (Wildman–Crippen MR) is 65.5 cm³/mol. The first kappa shape index (κ1) is 11.2. The second-order valence-electron chi connectivity index (χ2n) is 5.21. The molecular weight excluding hydrogens is 236 g/mol. The van der Waals surface area contributed by atoms with Crippen LogP contribution in [-0.2, 0) is 10.2 Å². The molecular formula is C12H16N2O2S. The summed E-state index contributed by atoms with van der Waals surface area (Å²) < 4.78 is 0. The minimum absolute atomic E-state index is 0.503. The van der Waals surface area contributed by atoms with E-state index in [9.17, 15) is 9.90 Å². The molecule has 0 aromatic carbocycles. The lowest BCUT2D eigenvalue weighted by Gasteiger charge is -2.08. The fourth-order valence-corrected chi connectivity index (χ4v) is 3.58. The number of carbonyl (C=O) groups is 1. The van der Waals surface area contributed by atoms with Crippen LogP contribution in [0.15, 0.2) is 5.38 Å². The van der Waals surface area contributed by atoms with Gasteiger partial charge >= 0.3 is 5.97 Å². The summed E-state index contributed by atoms with van der Waals surface area (Å²) in [6.07, 6.45) is 2.63. The number of aliphatic carboxylic acids is 1. The SMILES string of the molecule is CN1CCC(c2nc(C3(C(=O)O)CC3)cs2)C1. The van der Waals surface area contributed by atoms with Crippen LogP contribution in [0.5, 0.6) is 0 Å². The minimum Gasteiger partial charge on any atom is -0.481 e. The molecule has 2 aliphatic rings. The van der Waals surface area contributed by atoms with Gasteiger partial charge in [0.1, 0.15) is 5.41 Å². The van der Waals surface area contributed by atoms with Crippen molar-refractivity contribution in [2.75, 3.05) is 20.1 Å². The van der Waals surface area contributed by atoms with Crippen molar-refractivity contribution in [3.8, 4) is 0 Å². The number of likely N-dealkylation sites (N-methyl/N-ethyl adjacent to an activating group) is 1. The third-order valence-corrected chi connectivity index (χ3v) is 4.92. The number of thiazole rings is 1. The zero-order valence-corrected chi connectivity index (χ0v) is 10.7. The van der Waals surface area contributed by atoms with Crippen molar-refractivity contribution in [2.24, 2.45) is 0 Å². The van der Waals surface area contributed by atoms with Gasteiger partial charge in [-0.1, -0.05) is 0 Å². The van der Waals surface area contributed by atoms with Crippen LogP contribution in [0.1, 0.15) is 35.9 Å². The number of hydrogen-bond donors (Lipinski definition) is 1. The minimum atomic E-state index is -0.710. The molecule has 1 unspecified atom stereocenters. The Balaban J connectivity index is 1.82. The largest absolute Gasteiger partial charge is 0.481 e. The van der Waals surface area contributed by atoms with Gasteiger partial charge in [-0.3, -0.25) is 4.79 Å². The van der Waals surface area contributed by atoms with Crippen LogP contribution in [0.4, 0.5) is 0 Å². The summed E-state index contributed by atoms with van der Waals surface area (Å²) in [7, 11) is 2.12. The van der Waals surface area contributed by atoms with E-state index in [1.54, 1.807) is 11.3 Å². The number of nitrogens with zero attached hydrogens (tertiary/aromatic N) is 2. The number of likely N-dealkylation sites (tertiary alicyclic amines) is 1. The van der Waals surface area contributed by atoms with E-state index in [1.807, 2.05) is 5.38 Å². The average molecular weight is 252 g/mol. The van der Waals surface area contributed by atoms with Crippen LogP contribution in [-0.4, -0.2) is 41.1 Å². The van der Waals surface area contributed by atoms with Gasteiger partial charge in [0.2, 0.25) is 0 Å². The van der Waals surface area contributed by atoms with Crippen molar-refractivity contribution in [3.63, 3.8) is 0 Å². The maximum Gasteiger partial charge on any atom is 0.315 e. The predicted octanol–water partition coefficient (Wildman–Crippen LogP) is 1.68. The molecule has 5 heteroatoms. The highest BCUT2D eigenvalue weighted by atomic mass is 32.1. The Labute approximate surface area is 104 Å². The van der Waals surface area contributed by atoms with Gasteiger partial charge in [-0.2, -0.15) is 0 Å². The lowest BCUT2D eigenvalue weighted by atomic mass is 10.0. The molecule has 1 aliphatic heterocycles. The molecule has 2 fully saturated rings. The summed E-state index contributed by atoms with van der Waals surface area (Å²) in [4.78, 5) is 18.1. The van der Waals surface area contributed by atoms with Crippen LogP contribution in [0.25, 0.3) is 0 Å². The van der Waals surface area contributed by atoms with E-state index in [-0.39, 0.29) is 0 Å². The van der Waals surface area contributed by atoms with E-state index in [0.29, 0.717) is 5.92 Å². The van der Waals surface area contributed by atoms with Crippen molar-refractivity contribution < 1.29 is 9.90 Å². The van der Waals surface area contributed by atoms with Crippen LogP contribution in [0.3, 0.4) is 0 Å². The fraction of sp³-hybridized carbons (Fsp3) is 0.667. The molecule has 0 amide bonds. The Morgan fingerprint density at radius 2 is 2.41 bits per heavy atom. The smallest absolute Gasteiger partial charge is 0.315 e. The summed E-state index contributed by atoms with van der Waals surface area (Å²) in [5, 5.41) is 12.3. The Morgan fingerprint density at radius 1 is 1.65 bits per heavy atom. The Morgan fingerprint density at radius 3 is 2.94 bits per heavy atom. The lowest BCUT2D eigenvalue weighted by molar-refractivity contribution is -0.140. The summed E-state index contributed by atoms with van der Waals surface area (Å²) in [6.45, 7) is 2.16. The van der Waals surface area contributed by atoms with Crippen molar-refractivity contribution >= 4 is 17.3 Å². The highest BCUT2D eigenvalue weighted by molar-refractivity contribution is 7.09. The first-order valence-corrected chi connectivity index (χ1v) is 6.88. The third-order valence-electron chi connectivity index (χ3n) is 3.91. The van der Waals surface area contributed by atoms with Crippen LogP contribution in [0.2, 0.25) is 0 Å². The molecule has 92 valence electrons. The normalized spacial score (nSPS) is 27.2. The van der Waals surface area contributed by atoms with E-state index < -0.39 is 11.4 Å². The number of carboxylic acid groups (broad SMARTS) is 1. The van der Waals surface area contributed by atoms with Gasteiger partial charge in [-0.05, 0) is 32.9 Å². The van der Waals surface area contributed by atoms with Crippen molar-refractivity contribution in [3.05, 3.63) is 16.1 Å². The lowest BCUT2D eigenvalue weighted by Crippen LogP contribution is -2.20. The van der Waals surface area contributed by atoms with Gasteiger partial charge in [0, 0.05) is 17.8 Å². The molecule has 17 heavy (non-hydrogen) atoms. The van der Waals surface area contributed by atoms with E-state index in [4.69, 9.17) is 0 Å². The van der Waals surface area contributed by atoms with Crippen molar-refractivity contribution in [1.82, 2.24) is 9.88 Å². The maximum atomic E-state index is 11.2. The Kier molecular flexibility index (Phi) is 2.48. The fourth-order valence-electron chi connectivity index (χ4n) is 2.54. The summed E-state index contributed by atoms with van der Waals surface area (Å²) in [5.74, 6) is -0.207. The average Bonchev–Trinajstić information content (AvgIpc) is 2.76. The molecule has 1 aromatic heterocycles. The van der Waals surface area contributed by atoms with Gasteiger partial charge in [-0.25, -0.2) is 4.98 Å². The molecule has 0 bridgehead atoms. The Bertz CT molecular complexity index is 453. The van der Waals surface area contributed by atoms with E-state index in [2.05, 4.69) is 16.9 Å². The zero-order valence-electron chi connectivity index (χ0n) is 9.85. The second-order valence-corrected chi connectivity index (χ2v) is 6.10. The first-order chi connectivity index (χ1) is 8.12. The Hall–Kier alpha value is -0.940. The zero-order chi connectivity index (χ0) is 12.0. The molecule has 4 nitrogen and oxygen atoms in total. The highest BCUT2D eigenvalue weighted by Gasteiger charge is 2.53. The molecule has 1 N–H and O–H groups in total. The van der Waals surface area contributed by atoms with Crippen LogP contribution in [0, 0.1) is 0 Å². The van der Waals surface area contributed by atoms with Gasteiger partial charge in [0.15, 0.2) is 0 Å². The monoisotopic (exact) mass is 252 g/mol. The van der Waals surface area contributed by atoms with Gasteiger partial charge < -0.3 is 10.0 Å².